The zero-order valence-corrected chi connectivity index (χ0v) is 10.2. The monoisotopic (exact) mass is 272 g/mol. The van der Waals surface area contributed by atoms with Crippen molar-refractivity contribution in [3.8, 4) is 0 Å². The summed E-state index contributed by atoms with van der Waals surface area (Å²) in [4.78, 5) is 21.9. The molecule has 0 aliphatic rings. The van der Waals surface area contributed by atoms with E-state index in [-0.39, 0.29) is 17.4 Å². The number of nitrogens with two attached hydrogens (primary N) is 1. The van der Waals surface area contributed by atoms with Crippen LogP contribution in [0.1, 0.15) is 0 Å². The lowest BCUT2D eigenvalue weighted by atomic mass is 10.3. The molecular weight excluding hydrogens is 259 g/mol. The Kier molecular flexibility index (Phi) is 5.60. The summed E-state index contributed by atoms with van der Waals surface area (Å²) in [7, 11) is 0. The van der Waals surface area contributed by atoms with E-state index in [0.717, 1.165) is 11.8 Å². The van der Waals surface area contributed by atoms with Gasteiger partial charge in [-0.3, -0.25) is 9.59 Å². The zero-order chi connectivity index (χ0) is 13.5. The van der Waals surface area contributed by atoms with E-state index in [9.17, 15) is 14.0 Å². The highest BCUT2D eigenvalue weighted by molar-refractivity contribution is 8.00. The molecule has 0 bridgehead atoms. The quantitative estimate of drug-likeness (QED) is 0.716. The smallest absolute Gasteiger partial charge is 0.321 e. The predicted molar refractivity (Wildman–Crippen MR) is 68.0 cm³/mol. The summed E-state index contributed by atoms with van der Waals surface area (Å²) >= 11 is 1.11. The van der Waals surface area contributed by atoms with Crippen LogP contribution in [0, 0.1) is 5.82 Å². The maximum absolute atomic E-state index is 12.8. The second-order valence-electron chi connectivity index (χ2n) is 3.52. The minimum absolute atomic E-state index is 0.0670. The molecular formula is C11H13FN2O3S. The fourth-order valence-electron chi connectivity index (χ4n) is 1.11. The van der Waals surface area contributed by atoms with Gasteiger partial charge >= 0.3 is 5.97 Å². The topological polar surface area (TPSA) is 92.4 Å². The van der Waals surface area contributed by atoms with Crippen molar-refractivity contribution in [3.05, 3.63) is 30.1 Å². The molecule has 1 aromatic carbocycles. The predicted octanol–water partition coefficient (Wildman–Crippen LogP) is 0.909. The standard InChI is InChI=1S/C11H13FN2O3S/c12-7-2-1-3-8(4-7)14-10(15)6-18-5-9(13)11(16)17/h1-4,9H,5-6,13H2,(H,14,15)(H,16,17). The Morgan fingerprint density at radius 1 is 1.50 bits per heavy atom. The summed E-state index contributed by atoms with van der Waals surface area (Å²) in [6.45, 7) is 0. The number of nitrogens with one attached hydrogen (secondary N) is 1. The number of amides is 1. The third-order valence-electron chi connectivity index (χ3n) is 1.96. The Morgan fingerprint density at radius 2 is 2.22 bits per heavy atom. The molecule has 0 saturated carbocycles. The number of hydrogen-bond acceptors (Lipinski definition) is 4. The highest BCUT2D eigenvalue weighted by Gasteiger charge is 2.12. The summed E-state index contributed by atoms with van der Waals surface area (Å²) in [6.07, 6.45) is 0. The number of rotatable bonds is 6. The molecule has 1 unspecified atom stereocenters. The maximum Gasteiger partial charge on any atom is 0.321 e. The van der Waals surface area contributed by atoms with E-state index in [0.29, 0.717) is 5.69 Å². The van der Waals surface area contributed by atoms with Gasteiger partial charge in [0.2, 0.25) is 5.91 Å². The molecule has 1 atom stereocenters. The first kappa shape index (κ1) is 14.5. The number of anilines is 1. The van der Waals surface area contributed by atoms with Gasteiger partial charge in [0.25, 0.3) is 0 Å². The zero-order valence-electron chi connectivity index (χ0n) is 9.43. The van der Waals surface area contributed by atoms with Gasteiger partial charge in [-0.25, -0.2) is 4.39 Å². The van der Waals surface area contributed by atoms with Crippen LogP contribution in [-0.4, -0.2) is 34.5 Å². The van der Waals surface area contributed by atoms with Crippen LogP contribution in [0.4, 0.5) is 10.1 Å². The Labute approximate surface area is 108 Å². The van der Waals surface area contributed by atoms with E-state index in [1.54, 1.807) is 6.07 Å². The van der Waals surface area contributed by atoms with Gasteiger partial charge in [0.15, 0.2) is 0 Å². The van der Waals surface area contributed by atoms with Crippen LogP contribution in [0.2, 0.25) is 0 Å². The van der Waals surface area contributed by atoms with Crippen LogP contribution >= 0.6 is 11.8 Å². The van der Waals surface area contributed by atoms with Crippen LogP contribution in [0.15, 0.2) is 24.3 Å². The number of carboxylic acids is 1. The molecule has 98 valence electrons. The Hall–Kier alpha value is -1.60. The highest BCUT2D eigenvalue weighted by atomic mass is 32.2. The van der Waals surface area contributed by atoms with Crippen molar-refractivity contribution in [2.75, 3.05) is 16.8 Å². The van der Waals surface area contributed by atoms with Crippen LogP contribution in [0.3, 0.4) is 0 Å². The van der Waals surface area contributed by atoms with E-state index in [2.05, 4.69) is 5.32 Å². The fraction of sp³-hybridized carbons (Fsp3) is 0.273. The Morgan fingerprint density at radius 3 is 2.83 bits per heavy atom. The first-order valence-electron chi connectivity index (χ1n) is 5.10. The lowest BCUT2D eigenvalue weighted by molar-refractivity contribution is -0.137. The van der Waals surface area contributed by atoms with E-state index < -0.39 is 17.8 Å². The van der Waals surface area contributed by atoms with E-state index >= 15 is 0 Å². The number of carbonyl (C=O) groups is 2. The normalized spacial score (nSPS) is 11.9. The Bertz CT molecular complexity index is 442. The second kappa shape index (κ2) is 6.97. The maximum atomic E-state index is 12.8. The molecule has 1 amide bonds. The number of hydrogen-bond donors (Lipinski definition) is 3. The van der Waals surface area contributed by atoms with E-state index in [4.69, 9.17) is 10.8 Å². The molecule has 1 aromatic rings. The summed E-state index contributed by atoms with van der Waals surface area (Å²) < 4.78 is 12.8. The van der Waals surface area contributed by atoms with Gasteiger partial charge in [-0.1, -0.05) is 6.07 Å². The molecule has 5 nitrogen and oxygen atoms in total. The molecule has 1 rings (SSSR count). The van der Waals surface area contributed by atoms with Crippen molar-refractivity contribution in [2.24, 2.45) is 5.73 Å². The third kappa shape index (κ3) is 5.15. The van der Waals surface area contributed by atoms with Gasteiger partial charge in [-0.15, -0.1) is 11.8 Å². The molecule has 0 aromatic heterocycles. The molecule has 0 radical (unpaired) electrons. The first-order chi connectivity index (χ1) is 8.49. The third-order valence-corrected chi connectivity index (χ3v) is 3.02. The number of carboxylic acid groups (broad SMARTS) is 1. The number of thioether (sulfide) groups is 1. The van der Waals surface area contributed by atoms with Crippen LogP contribution < -0.4 is 11.1 Å². The molecule has 18 heavy (non-hydrogen) atoms. The number of carbonyl (C=O) groups excluding carboxylic acids is 1. The first-order valence-corrected chi connectivity index (χ1v) is 6.26. The largest absolute Gasteiger partial charge is 0.480 e. The van der Waals surface area contributed by atoms with Gasteiger partial charge < -0.3 is 16.2 Å². The molecule has 0 aliphatic carbocycles. The van der Waals surface area contributed by atoms with Gasteiger partial charge in [0, 0.05) is 11.4 Å². The molecule has 0 saturated heterocycles. The number of aliphatic carboxylic acids is 1. The number of benzene rings is 1. The summed E-state index contributed by atoms with van der Waals surface area (Å²) in [5.74, 6) is -1.66. The minimum Gasteiger partial charge on any atom is -0.480 e. The van der Waals surface area contributed by atoms with Crippen molar-refractivity contribution in [1.82, 2.24) is 0 Å². The molecule has 0 heterocycles. The van der Waals surface area contributed by atoms with Crippen molar-refractivity contribution >= 4 is 29.3 Å². The van der Waals surface area contributed by atoms with Gasteiger partial charge in [0.05, 0.1) is 5.75 Å². The number of halogens is 1. The fourth-order valence-corrected chi connectivity index (χ4v) is 1.89. The SMILES string of the molecule is NC(CSCC(=O)Nc1cccc(F)c1)C(=O)O. The molecule has 0 spiro atoms. The lowest BCUT2D eigenvalue weighted by Gasteiger charge is -2.07. The second-order valence-corrected chi connectivity index (χ2v) is 4.55. The van der Waals surface area contributed by atoms with Crippen molar-refractivity contribution in [1.29, 1.82) is 0 Å². The highest BCUT2D eigenvalue weighted by Crippen LogP contribution is 2.10. The van der Waals surface area contributed by atoms with Gasteiger partial charge in [-0.05, 0) is 18.2 Å². The summed E-state index contributed by atoms with van der Waals surface area (Å²) in [6, 6.07) is 4.53. The average molecular weight is 272 g/mol. The van der Waals surface area contributed by atoms with Gasteiger partial charge in [0.1, 0.15) is 11.9 Å². The molecule has 0 aliphatic heterocycles. The lowest BCUT2D eigenvalue weighted by Crippen LogP contribution is -2.33. The summed E-state index contributed by atoms with van der Waals surface area (Å²) in [5, 5.41) is 11.0. The van der Waals surface area contributed by atoms with E-state index in [1.807, 2.05) is 0 Å². The van der Waals surface area contributed by atoms with Crippen LogP contribution in [0.25, 0.3) is 0 Å². The van der Waals surface area contributed by atoms with Crippen molar-refractivity contribution < 1.29 is 19.1 Å². The van der Waals surface area contributed by atoms with Crippen molar-refractivity contribution in [2.45, 2.75) is 6.04 Å². The molecule has 0 fully saturated rings. The van der Waals surface area contributed by atoms with Crippen molar-refractivity contribution in [3.63, 3.8) is 0 Å². The van der Waals surface area contributed by atoms with Crippen LogP contribution in [0.5, 0.6) is 0 Å². The van der Waals surface area contributed by atoms with Gasteiger partial charge in [-0.2, -0.15) is 0 Å². The summed E-state index contributed by atoms with van der Waals surface area (Å²) in [5.41, 5.74) is 5.64. The van der Waals surface area contributed by atoms with E-state index in [1.165, 1.54) is 18.2 Å². The minimum atomic E-state index is -1.10. The Balaban J connectivity index is 2.32. The average Bonchev–Trinajstić information content (AvgIpc) is 2.28. The molecule has 7 heteroatoms. The van der Waals surface area contributed by atoms with Crippen LogP contribution in [-0.2, 0) is 9.59 Å². The molecule has 4 N–H and O–H groups in total.